The molecule has 1 aromatic heterocycles. The molecule has 6 nitrogen and oxygen atoms in total. The van der Waals surface area contributed by atoms with E-state index in [0.29, 0.717) is 30.8 Å². The molecule has 2 heterocycles. The Morgan fingerprint density at radius 2 is 1.80 bits per heavy atom. The van der Waals surface area contributed by atoms with Gasteiger partial charge in [0.2, 0.25) is 0 Å². The molecule has 30 heavy (non-hydrogen) atoms. The average molecular weight is 404 g/mol. The highest BCUT2D eigenvalue weighted by Crippen LogP contribution is 2.31. The molecule has 152 valence electrons. The normalized spacial score (nSPS) is 12.4. The number of rotatable bonds is 5. The number of fused-ring (bicyclic) bond motifs is 1. The fourth-order valence-corrected chi connectivity index (χ4v) is 3.55. The minimum atomic E-state index is -0.362. The third-order valence-corrected chi connectivity index (χ3v) is 5.06. The first-order chi connectivity index (χ1) is 14.6. The maximum absolute atomic E-state index is 13.1. The van der Waals surface area contributed by atoms with Crippen LogP contribution in [0.4, 0.5) is 20.6 Å². The van der Waals surface area contributed by atoms with Crippen LogP contribution in [0.2, 0.25) is 0 Å². The zero-order chi connectivity index (χ0) is 20.9. The van der Waals surface area contributed by atoms with Gasteiger partial charge in [-0.1, -0.05) is 6.07 Å². The van der Waals surface area contributed by atoms with Gasteiger partial charge >= 0.3 is 6.03 Å². The lowest BCUT2D eigenvalue weighted by Crippen LogP contribution is -2.33. The van der Waals surface area contributed by atoms with E-state index in [1.54, 1.807) is 29.4 Å². The third kappa shape index (κ3) is 4.30. The van der Waals surface area contributed by atoms with Gasteiger partial charge in [-0.15, -0.1) is 0 Å². The van der Waals surface area contributed by atoms with Crippen LogP contribution in [0.1, 0.15) is 21.5 Å². The molecular weight excluding hydrogens is 383 g/mol. The summed E-state index contributed by atoms with van der Waals surface area (Å²) >= 11 is 0. The largest absolute Gasteiger partial charge is 0.352 e. The first-order valence-corrected chi connectivity index (χ1v) is 9.75. The first kappa shape index (κ1) is 19.6. The predicted octanol–water partition coefficient (Wildman–Crippen LogP) is 3.79. The van der Waals surface area contributed by atoms with Crippen molar-refractivity contribution < 1.29 is 14.0 Å². The summed E-state index contributed by atoms with van der Waals surface area (Å²) in [7, 11) is 0. The van der Waals surface area contributed by atoms with E-state index in [4.69, 9.17) is 0 Å². The fraction of sp³-hybridized carbons (Fsp3) is 0.174. The number of anilines is 2. The van der Waals surface area contributed by atoms with Crippen LogP contribution in [-0.4, -0.2) is 30.0 Å². The quantitative estimate of drug-likeness (QED) is 0.680. The van der Waals surface area contributed by atoms with E-state index in [2.05, 4.69) is 15.6 Å². The molecule has 0 bridgehead atoms. The second kappa shape index (κ2) is 8.73. The summed E-state index contributed by atoms with van der Waals surface area (Å²) in [5.74, 6) is -0.513. The monoisotopic (exact) mass is 404 g/mol. The molecule has 1 aliphatic heterocycles. The number of aromatic nitrogens is 1. The van der Waals surface area contributed by atoms with Crippen LogP contribution < -0.4 is 15.5 Å². The van der Waals surface area contributed by atoms with Crippen molar-refractivity contribution in [3.63, 3.8) is 0 Å². The zero-order valence-electron chi connectivity index (χ0n) is 16.3. The molecule has 0 spiro atoms. The van der Waals surface area contributed by atoms with Gasteiger partial charge in [0.15, 0.2) is 0 Å². The summed E-state index contributed by atoms with van der Waals surface area (Å²) in [6, 6.07) is 14.5. The number of halogens is 1. The molecule has 0 saturated carbocycles. The second-order valence-corrected chi connectivity index (χ2v) is 7.00. The van der Waals surface area contributed by atoms with Crippen molar-refractivity contribution >= 4 is 23.3 Å². The Hall–Kier alpha value is -3.74. The molecule has 0 atom stereocenters. The van der Waals surface area contributed by atoms with Crippen LogP contribution in [-0.2, 0) is 12.8 Å². The Morgan fingerprint density at radius 1 is 1.03 bits per heavy atom. The van der Waals surface area contributed by atoms with Gasteiger partial charge in [0.25, 0.3) is 5.91 Å². The van der Waals surface area contributed by atoms with Gasteiger partial charge in [-0.05, 0) is 72.5 Å². The number of amides is 3. The summed E-state index contributed by atoms with van der Waals surface area (Å²) in [6.07, 6.45) is 4.77. The number of nitrogens with one attached hydrogen (secondary N) is 2. The minimum Gasteiger partial charge on any atom is -0.352 e. The Balaban J connectivity index is 1.42. The fourth-order valence-electron chi connectivity index (χ4n) is 3.55. The molecule has 7 heteroatoms. The number of carbonyl (C=O) groups is 2. The van der Waals surface area contributed by atoms with Crippen molar-refractivity contribution in [3.05, 3.63) is 89.5 Å². The van der Waals surface area contributed by atoms with Crippen molar-refractivity contribution in [2.75, 3.05) is 23.3 Å². The highest BCUT2D eigenvalue weighted by Gasteiger charge is 2.28. The molecule has 0 unspecified atom stereocenters. The number of carbonyl (C=O) groups excluding carboxylic acids is 2. The van der Waals surface area contributed by atoms with Gasteiger partial charge < -0.3 is 10.6 Å². The molecule has 0 fully saturated rings. The van der Waals surface area contributed by atoms with Crippen LogP contribution in [0.15, 0.2) is 67.0 Å². The van der Waals surface area contributed by atoms with Crippen LogP contribution >= 0.6 is 0 Å². The summed E-state index contributed by atoms with van der Waals surface area (Å²) < 4.78 is 13.1. The SMILES string of the molecule is O=C(NCCc1ccncc1)c1cccc2c1CCN2C(=O)Nc1ccc(F)cc1. The van der Waals surface area contributed by atoms with E-state index in [0.717, 1.165) is 23.2 Å². The predicted molar refractivity (Wildman–Crippen MR) is 113 cm³/mol. The Morgan fingerprint density at radius 3 is 2.57 bits per heavy atom. The molecule has 1 aliphatic rings. The van der Waals surface area contributed by atoms with Gasteiger partial charge in [0.1, 0.15) is 5.82 Å². The van der Waals surface area contributed by atoms with Gasteiger partial charge in [-0.25, -0.2) is 9.18 Å². The van der Waals surface area contributed by atoms with Crippen LogP contribution in [0.25, 0.3) is 0 Å². The summed E-state index contributed by atoms with van der Waals surface area (Å²) in [6.45, 7) is 0.991. The lowest BCUT2D eigenvalue weighted by atomic mass is 10.0. The zero-order valence-corrected chi connectivity index (χ0v) is 16.3. The van der Waals surface area contributed by atoms with Crippen LogP contribution in [0, 0.1) is 5.82 Å². The van der Waals surface area contributed by atoms with Crippen molar-refractivity contribution in [1.29, 1.82) is 0 Å². The van der Waals surface area contributed by atoms with E-state index < -0.39 is 0 Å². The third-order valence-electron chi connectivity index (χ3n) is 5.06. The Bertz CT molecular complexity index is 1050. The second-order valence-electron chi connectivity index (χ2n) is 7.00. The number of hydrogen-bond acceptors (Lipinski definition) is 3. The number of nitrogens with zero attached hydrogens (tertiary/aromatic N) is 2. The van der Waals surface area contributed by atoms with Gasteiger partial charge in [-0.3, -0.25) is 14.7 Å². The van der Waals surface area contributed by atoms with Gasteiger partial charge in [-0.2, -0.15) is 0 Å². The molecule has 0 aliphatic carbocycles. The van der Waals surface area contributed by atoms with Gasteiger partial charge in [0.05, 0.1) is 0 Å². The van der Waals surface area contributed by atoms with Crippen molar-refractivity contribution in [2.24, 2.45) is 0 Å². The number of pyridine rings is 1. The summed E-state index contributed by atoms with van der Waals surface area (Å²) in [5, 5.41) is 5.72. The molecule has 3 aromatic rings. The lowest BCUT2D eigenvalue weighted by molar-refractivity contribution is 0.0953. The topological polar surface area (TPSA) is 74.3 Å². The molecule has 0 saturated heterocycles. The highest BCUT2D eigenvalue weighted by molar-refractivity contribution is 6.05. The first-order valence-electron chi connectivity index (χ1n) is 9.75. The molecular formula is C23H21FN4O2. The smallest absolute Gasteiger partial charge is 0.326 e. The highest BCUT2D eigenvalue weighted by atomic mass is 19.1. The van der Waals surface area contributed by atoms with E-state index >= 15 is 0 Å². The summed E-state index contributed by atoms with van der Waals surface area (Å²) in [4.78, 5) is 31.0. The number of urea groups is 1. The molecule has 0 radical (unpaired) electrons. The van der Waals surface area contributed by atoms with Gasteiger partial charge in [0, 0.05) is 42.4 Å². The minimum absolute atomic E-state index is 0.151. The van der Waals surface area contributed by atoms with Crippen molar-refractivity contribution in [2.45, 2.75) is 12.8 Å². The van der Waals surface area contributed by atoms with Crippen molar-refractivity contribution in [1.82, 2.24) is 10.3 Å². The molecule has 4 rings (SSSR count). The molecule has 2 aromatic carbocycles. The number of hydrogen-bond donors (Lipinski definition) is 2. The van der Waals surface area contributed by atoms with Crippen LogP contribution in [0.3, 0.4) is 0 Å². The average Bonchev–Trinajstić information content (AvgIpc) is 3.20. The summed E-state index contributed by atoms with van der Waals surface area (Å²) in [5.41, 5.74) is 3.77. The Kier molecular flexibility index (Phi) is 5.70. The Labute approximate surface area is 173 Å². The van der Waals surface area contributed by atoms with Crippen molar-refractivity contribution in [3.8, 4) is 0 Å². The van der Waals surface area contributed by atoms with E-state index in [9.17, 15) is 14.0 Å². The maximum Gasteiger partial charge on any atom is 0.326 e. The standard InChI is InChI=1S/C23H21FN4O2/c24-17-4-6-18(7-5-17)27-23(30)28-15-11-19-20(2-1-3-21(19)28)22(29)26-14-10-16-8-12-25-13-9-16/h1-9,12-13H,10-11,14-15H2,(H,26,29)(H,27,30). The van der Waals surface area contributed by atoms with E-state index in [1.807, 2.05) is 18.2 Å². The maximum atomic E-state index is 13.1. The lowest BCUT2D eigenvalue weighted by Gasteiger charge is -2.18. The molecule has 2 N–H and O–H groups in total. The number of benzene rings is 2. The van der Waals surface area contributed by atoms with Crippen LogP contribution in [0.5, 0.6) is 0 Å². The van der Waals surface area contributed by atoms with E-state index in [1.165, 1.54) is 24.3 Å². The van der Waals surface area contributed by atoms with E-state index in [-0.39, 0.29) is 17.8 Å². The molecule has 3 amide bonds.